The summed E-state index contributed by atoms with van der Waals surface area (Å²) in [6.07, 6.45) is 7.67. The van der Waals surface area contributed by atoms with E-state index >= 15 is 0 Å². The Hall–Kier alpha value is -2.44. The molecule has 34 heavy (non-hydrogen) atoms. The number of amides is 1. The van der Waals surface area contributed by atoms with E-state index in [1.807, 2.05) is 23.4 Å². The minimum atomic E-state index is 0.173. The molecule has 1 aromatic heterocycles. The van der Waals surface area contributed by atoms with Crippen LogP contribution in [0.1, 0.15) is 50.7 Å². The molecular weight excluding hydrogens is 424 g/mol. The number of hydrogen-bond acceptors (Lipinski definition) is 5. The number of piperazine rings is 1. The Bertz CT molecular complexity index is 886. The number of likely N-dealkylation sites (tertiary alicyclic amines) is 1. The maximum absolute atomic E-state index is 12.6. The van der Waals surface area contributed by atoms with Crippen molar-refractivity contribution in [2.45, 2.75) is 58.7 Å². The standard InChI is InChI=1S/C28H40N4O2/c1-3-25(4-2)28(33)32-13-10-26(11-14-32)34-27-9-5-7-23(19-27)21-30-15-17-31(18-16-30)22-24-8-6-12-29-20-24/h5-9,12,19-20,25-26H,3-4,10-11,13-18,21-22H2,1-2H3. The predicted molar refractivity (Wildman–Crippen MR) is 136 cm³/mol. The van der Waals surface area contributed by atoms with Crippen LogP contribution in [0.3, 0.4) is 0 Å². The molecule has 2 saturated heterocycles. The smallest absolute Gasteiger partial charge is 0.225 e. The summed E-state index contributed by atoms with van der Waals surface area (Å²) < 4.78 is 6.34. The monoisotopic (exact) mass is 464 g/mol. The van der Waals surface area contributed by atoms with Crippen molar-refractivity contribution in [1.82, 2.24) is 19.7 Å². The highest BCUT2D eigenvalue weighted by Crippen LogP contribution is 2.23. The zero-order chi connectivity index (χ0) is 23.8. The van der Waals surface area contributed by atoms with Gasteiger partial charge in [-0.3, -0.25) is 19.6 Å². The quantitative estimate of drug-likeness (QED) is 0.557. The molecule has 0 bridgehead atoms. The van der Waals surface area contributed by atoms with Crippen LogP contribution < -0.4 is 4.74 Å². The predicted octanol–water partition coefficient (Wildman–Crippen LogP) is 4.21. The first kappa shape index (κ1) is 24.7. The zero-order valence-electron chi connectivity index (χ0n) is 20.9. The summed E-state index contributed by atoms with van der Waals surface area (Å²) in [5.41, 5.74) is 2.59. The van der Waals surface area contributed by atoms with Gasteiger partial charge in [-0.05, 0) is 42.2 Å². The van der Waals surface area contributed by atoms with Crippen molar-refractivity contribution in [2.24, 2.45) is 5.92 Å². The molecular formula is C28H40N4O2. The van der Waals surface area contributed by atoms with E-state index < -0.39 is 0 Å². The molecule has 1 aromatic carbocycles. The molecule has 0 atom stereocenters. The SMILES string of the molecule is CCC(CC)C(=O)N1CCC(Oc2cccc(CN3CCN(Cc4cccnc4)CC3)c2)CC1. The summed E-state index contributed by atoms with van der Waals surface area (Å²) in [7, 11) is 0. The fourth-order valence-corrected chi connectivity index (χ4v) is 5.11. The lowest BCUT2D eigenvalue weighted by atomic mass is 9.99. The number of hydrogen-bond donors (Lipinski definition) is 0. The Kier molecular flexibility index (Phi) is 8.94. The number of pyridine rings is 1. The maximum atomic E-state index is 12.6. The van der Waals surface area contributed by atoms with Gasteiger partial charge >= 0.3 is 0 Å². The van der Waals surface area contributed by atoms with Gasteiger partial charge in [0.15, 0.2) is 0 Å². The van der Waals surface area contributed by atoms with E-state index in [-0.39, 0.29) is 12.0 Å². The summed E-state index contributed by atoms with van der Waals surface area (Å²) in [5, 5.41) is 0. The third-order valence-electron chi connectivity index (χ3n) is 7.29. The van der Waals surface area contributed by atoms with Crippen molar-refractivity contribution in [3.8, 4) is 5.75 Å². The van der Waals surface area contributed by atoms with Crippen molar-refractivity contribution in [3.63, 3.8) is 0 Å². The Morgan fingerprint density at radius 3 is 2.21 bits per heavy atom. The van der Waals surface area contributed by atoms with Gasteiger partial charge in [0, 0.05) is 83.5 Å². The minimum Gasteiger partial charge on any atom is -0.490 e. The number of nitrogens with zero attached hydrogens (tertiary/aromatic N) is 4. The molecule has 0 aliphatic carbocycles. The number of piperidine rings is 1. The van der Waals surface area contributed by atoms with Gasteiger partial charge in [0.25, 0.3) is 0 Å². The van der Waals surface area contributed by atoms with E-state index in [4.69, 9.17) is 4.74 Å². The van der Waals surface area contributed by atoms with E-state index in [1.165, 1.54) is 11.1 Å². The van der Waals surface area contributed by atoms with Crippen molar-refractivity contribution in [3.05, 3.63) is 59.9 Å². The maximum Gasteiger partial charge on any atom is 0.225 e. The fourth-order valence-electron chi connectivity index (χ4n) is 5.11. The van der Waals surface area contributed by atoms with E-state index in [0.717, 1.165) is 83.8 Å². The Morgan fingerprint density at radius 2 is 1.59 bits per heavy atom. The minimum absolute atomic E-state index is 0.173. The lowest BCUT2D eigenvalue weighted by Crippen LogP contribution is -2.45. The normalized spacial score (nSPS) is 18.4. The lowest BCUT2D eigenvalue weighted by Gasteiger charge is -2.35. The molecule has 184 valence electrons. The number of rotatable bonds is 9. The van der Waals surface area contributed by atoms with Crippen molar-refractivity contribution in [1.29, 1.82) is 0 Å². The van der Waals surface area contributed by atoms with Gasteiger partial charge < -0.3 is 9.64 Å². The Morgan fingerprint density at radius 1 is 0.941 bits per heavy atom. The van der Waals surface area contributed by atoms with Crippen LogP contribution in [-0.2, 0) is 17.9 Å². The first-order valence-corrected chi connectivity index (χ1v) is 13.0. The van der Waals surface area contributed by atoms with Gasteiger partial charge in [-0.25, -0.2) is 0 Å². The molecule has 4 rings (SSSR count). The summed E-state index contributed by atoms with van der Waals surface area (Å²) in [5.74, 6) is 1.45. The number of ether oxygens (including phenoxy) is 1. The van der Waals surface area contributed by atoms with Crippen molar-refractivity contribution in [2.75, 3.05) is 39.3 Å². The highest BCUT2D eigenvalue weighted by atomic mass is 16.5. The van der Waals surface area contributed by atoms with E-state index in [1.54, 1.807) is 0 Å². The molecule has 3 heterocycles. The number of carbonyl (C=O) groups is 1. The Labute approximate surface area is 204 Å². The van der Waals surface area contributed by atoms with E-state index in [9.17, 15) is 4.79 Å². The molecule has 2 fully saturated rings. The van der Waals surface area contributed by atoms with Gasteiger partial charge in [-0.1, -0.05) is 32.0 Å². The van der Waals surface area contributed by atoms with Crippen LogP contribution in [0.15, 0.2) is 48.8 Å². The molecule has 2 aliphatic heterocycles. The molecule has 0 spiro atoms. The van der Waals surface area contributed by atoms with Crippen LogP contribution >= 0.6 is 0 Å². The molecule has 1 amide bonds. The zero-order valence-corrected chi connectivity index (χ0v) is 20.9. The van der Waals surface area contributed by atoms with Gasteiger partial charge in [-0.2, -0.15) is 0 Å². The van der Waals surface area contributed by atoms with Gasteiger partial charge in [0.1, 0.15) is 11.9 Å². The third kappa shape index (κ3) is 6.80. The summed E-state index contributed by atoms with van der Waals surface area (Å²) in [6.45, 7) is 12.1. The van der Waals surface area contributed by atoms with Gasteiger partial charge in [-0.15, -0.1) is 0 Å². The average Bonchev–Trinajstić information content (AvgIpc) is 2.87. The fraction of sp³-hybridized carbons (Fsp3) is 0.571. The summed E-state index contributed by atoms with van der Waals surface area (Å²) in [4.78, 5) is 24.0. The van der Waals surface area contributed by atoms with Crippen LogP contribution in [0.5, 0.6) is 5.75 Å². The second kappa shape index (κ2) is 12.3. The molecule has 6 heteroatoms. The number of benzene rings is 1. The first-order valence-electron chi connectivity index (χ1n) is 13.0. The van der Waals surface area contributed by atoms with Crippen LogP contribution in [0.25, 0.3) is 0 Å². The summed E-state index contributed by atoms with van der Waals surface area (Å²) >= 11 is 0. The summed E-state index contributed by atoms with van der Waals surface area (Å²) in [6, 6.07) is 12.7. The largest absolute Gasteiger partial charge is 0.490 e. The molecule has 0 saturated carbocycles. The van der Waals surface area contributed by atoms with Crippen molar-refractivity contribution < 1.29 is 9.53 Å². The van der Waals surface area contributed by atoms with Crippen LogP contribution in [0.2, 0.25) is 0 Å². The topological polar surface area (TPSA) is 48.9 Å². The van der Waals surface area contributed by atoms with E-state index in [2.05, 4.69) is 59.0 Å². The second-order valence-corrected chi connectivity index (χ2v) is 9.72. The van der Waals surface area contributed by atoms with Crippen LogP contribution in [-0.4, -0.2) is 71.0 Å². The van der Waals surface area contributed by atoms with Crippen LogP contribution in [0.4, 0.5) is 0 Å². The number of aromatic nitrogens is 1. The lowest BCUT2D eigenvalue weighted by molar-refractivity contribution is -0.137. The third-order valence-corrected chi connectivity index (χ3v) is 7.29. The molecule has 0 radical (unpaired) electrons. The highest BCUT2D eigenvalue weighted by molar-refractivity contribution is 5.78. The first-order chi connectivity index (χ1) is 16.6. The van der Waals surface area contributed by atoms with Crippen molar-refractivity contribution >= 4 is 5.91 Å². The second-order valence-electron chi connectivity index (χ2n) is 9.72. The number of carbonyl (C=O) groups excluding carboxylic acids is 1. The molecule has 2 aliphatic rings. The molecule has 0 unspecified atom stereocenters. The molecule has 2 aromatic rings. The van der Waals surface area contributed by atoms with Gasteiger partial charge in [0.05, 0.1) is 0 Å². The molecule has 0 N–H and O–H groups in total. The van der Waals surface area contributed by atoms with E-state index in [0.29, 0.717) is 5.91 Å². The Balaban J connectivity index is 1.21. The molecule has 6 nitrogen and oxygen atoms in total. The average molecular weight is 465 g/mol. The van der Waals surface area contributed by atoms with Crippen LogP contribution in [0, 0.1) is 5.92 Å². The van der Waals surface area contributed by atoms with Gasteiger partial charge in [0.2, 0.25) is 5.91 Å². The highest BCUT2D eigenvalue weighted by Gasteiger charge is 2.27.